The number of thiocarbonyl (C=S) groups is 1. The molecule has 2 rings (SSSR count). The van der Waals surface area contributed by atoms with E-state index in [4.69, 9.17) is 0 Å². The molecule has 0 atom stereocenters. The Labute approximate surface area is 115 Å². The van der Waals surface area contributed by atoms with Gasteiger partial charge in [-0.2, -0.15) is 0 Å². The van der Waals surface area contributed by atoms with Crippen molar-refractivity contribution in [3.8, 4) is 0 Å². The van der Waals surface area contributed by atoms with Crippen LogP contribution >= 0.6 is 12.2 Å². The summed E-state index contributed by atoms with van der Waals surface area (Å²) in [6.07, 6.45) is 3.65. The number of nitrogens with zero attached hydrogens (tertiary/aromatic N) is 2. The number of likely N-dealkylation sites (tertiary alicyclic amines) is 1. The van der Waals surface area contributed by atoms with Crippen molar-refractivity contribution in [1.82, 2.24) is 4.90 Å². The summed E-state index contributed by atoms with van der Waals surface area (Å²) in [6.45, 7) is 4.38. The van der Waals surface area contributed by atoms with Crippen LogP contribution in [0.2, 0.25) is 0 Å². The van der Waals surface area contributed by atoms with Crippen molar-refractivity contribution in [2.75, 3.05) is 26.2 Å². The second kappa shape index (κ2) is 7.42. The summed E-state index contributed by atoms with van der Waals surface area (Å²) in [6, 6.07) is 10.9. The zero-order valence-corrected chi connectivity index (χ0v) is 11.5. The van der Waals surface area contributed by atoms with Gasteiger partial charge in [-0.3, -0.25) is 0 Å². The lowest BCUT2D eigenvalue weighted by atomic mass is 9.89. The molecular formula is C15H20N2S. The molecule has 0 spiro atoms. The first-order valence-electron chi connectivity index (χ1n) is 6.71. The van der Waals surface area contributed by atoms with Gasteiger partial charge < -0.3 is 4.90 Å². The number of piperidine rings is 1. The minimum absolute atomic E-state index is 0.751. The molecule has 0 saturated carbocycles. The molecule has 1 aromatic carbocycles. The van der Waals surface area contributed by atoms with Gasteiger partial charge in [0.15, 0.2) is 0 Å². The normalized spacial score (nSPS) is 17.3. The topological polar surface area (TPSA) is 15.6 Å². The number of rotatable bonds is 5. The highest BCUT2D eigenvalue weighted by Crippen LogP contribution is 2.27. The Morgan fingerprint density at radius 1 is 1.22 bits per heavy atom. The molecule has 96 valence electrons. The van der Waals surface area contributed by atoms with Gasteiger partial charge in [0.05, 0.1) is 11.7 Å². The maximum absolute atomic E-state index is 4.56. The van der Waals surface area contributed by atoms with E-state index in [0.717, 1.165) is 25.4 Å². The van der Waals surface area contributed by atoms with Crippen LogP contribution in [0.15, 0.2) is 35.3 Å². The second-order valence-electron chi connectivity index (χ2n) is 4.85. The number of benzene rings is 1. The minimum Gasteiger partial charge on any atom is -0.303 e. The van der Waals surface area contributed by atoms with Gasteiger partial charge in [-0.05, 0) is 62.6 Å². The van der Waals surface area contributed by atoms with Crippen LogP contribution in [-0.2, 0) is 0 Å². The molecule has 0 N–H and O–H groups in total. The maximum Gasteiger partial charge on any atom is 0.0584 e. The van der Waals surface area contributed by atoms with Crippen molar-refractivity contribution < 1.29 is 0 Å². The van der Waals surface area contributed by atoms with Gasteiger partial charge in [-0.1, -0.05) is 30.3 Å². The Kier molecular flexibility index (Phi) is 5.53. The molecule has 2 nitrogen and oxygen atoms in total. The average Bonchev–Trinajstić information content (AvgIpc) is 2.45. The lowest BCUT2D eigenvalue weighted by Crippen LogP contribution is -2.33. The number of aliphatic imine (C=N–C) groups is 1. The fourth-order valence-electron chi connectivity index (χ4n) is 2.63. The van der Waals surface area contributed by atoms with Gasteiger partial charge in [0.2, 0.25) is 0 Å². The highest BCUT2D eigenvalue weighted by Gasteiger charge is 2.19. The van der Waals surface area contributed by atoms with Crippen molar-refractivity contribution in [2.45, 2.75) is 25.2 Å². The first kappa shape index (κ1) is 13.4. The third kappa shape index (κ3) is 4.02. The Balaban J connectivity index is 1.73. The van der Waals surface area contributed by atoms with E-state index in [0.29, 0.717) is 0 Å². The summed E-state index contributed by atoms with van der Waals surface area (Å²) < 4.78 is 0. The molecule has 0 unspecified atom stereocenters. The molecule has 1 saturated heterocycles. The quantitative estimate of drug-likeness (QED) is 0.458. The summed E-state index contributed by atoms with van der Waals surface area (Å²) >= 11 is 4.56. The Morgan fingerprint density at radius 2 is 1.94 bits per heavy atom. The van der Waals surface area contributed by atoms with E-state index in [1.807, 2.05) is 0 Å². The highest BCUT2D eigenvalue weighted by atomic mass is 32.1. The fraction of sp³-hybridized carbons (Fsp3) is 0.533. The fourth-order valence-corrected chi connectivity index (χ4v) is 2.73. The lowest BCUT2D eigenvalue weighted by Gasteiger charge is -2.32. The SMILES string of the molecule is S=C=NCCCN1CCC(c2ccccc2)CC1. The van der Waals surface area contributed by atoms with Crippen LogP contribution < -0.4 is 0 Å². The van der Waals surface area contributed by atoms with Crippen LogP contribution in [0.3, 0.4) is 0 Å². The van der Waals surface area contributed by atoms with Gasteiger partial charge >= 0.3 is 0 Å². The smallest absolute Gasteiger partial charge is 0.0584 e. The molecule has 1 heterocycles. The molecule has 3 heteroatoms. The van der Waals surface area contributed by atoms with Crippen molar-refractivity contribution in [3.63, 3.8) is 0 Å². The van der Waals surface area contributed by atoms with Gasteiger partial charge in [0, 0.05) is 0 Å². The predicted octanol–water partition coefficient (Wildman–Crippen LogP) is 3.36. The standard InChI is InChI=1S/C15H20N2S/c18-13-16-9-4-10-17-11-7-15(8-12-17)14-5-2-1-3-6-14/h1-3,5-6,15H,4,7-12H2. The average molecular weight is 260 g/mol. The van der Waals surface area contributed by atoms with Crippen LogP contribution in [0.25, 0.3) is 0 Å². The monoisotopic (exact) mass is 260 g/mol. The summed E-state index contributed by atoms with van der Waals surface area (Å²) in [5, 5.41) is 2.42. The minimum atomic E-state index is 0.751. The van der Waals surface area contributed by atoms with Crippen LogP contribution in [0.4, 0.5) is 0 Å². The number of hydrogen-bond acceptors (Lipinski definition) is 3. The zero-order valence-electron chi connectivity index (χ0n) is 10.7. The van der Waals surface area contributed by atoms with Crippen molar-refractivity contribution in [3.05, 3.63) is 35.9 Å². The van der Waals surface area contributed by atoms with Gasteiger partial charge in [-0.25, -0.2) is 4.99 Å². The van der Waals surface area contributed by atoms with Gasteiger partial charge in [0.25, 0.3) is 0 Å². The summed E-state index contributed by atoms with van der Waals surface area (Å²) in [5.41, 5.74) is 1.50. The molecule has 0 aromatic heterocycles. The third-order valence-corrected chi connectivity index (χ3v) is 3.80. The van der Waals surface area contributed by atoms with E-state index in [1.165, 1.54) is 31.5 Å². The predicted molar refractivity (Wildman–Crippen MR) is 79.4 cm³/mol. The Hall–Kier alpha value is -1.02. The molecule has 18 heavy (non-hydrogen) atoms. The number of hydrogen-bond donors (Lipinski definition) is 0. The van der Waals surface area contributed by atoms with Crippen molar-refractivity contribution in [2.24, 2.45) is 4.99 Å². The largest absolute Gasteiger partial charge is 0.303 e. The number of isothiocyanates is 1. The summed E-state index contributed by atoms with van der Waals surface area (Å²) in [7, 11) is 0. The van der Waals surface area contributed by atoms with Gasteiger partial charge in [0.1, 0.15) is 0 Å². The van der Waals surface area contributed by atoms with E-state index < -0.39 is 0 Å². The molecule has 0 bridgehead atoms. The molecule has 1 fully saturated rings. The van der Waals surface area contributed by atoms with Crippen molar-refractivity contribution >= 4 is 17.4 Å². The summed E-state index contributed by atoms with van der Waals surface area (Å²) in [4.78, 5) is 6.50. The van der Waals surface area contributed by atoms with Crippen molar-refractivity contribution in [1.29, 1.82) is 0 Å². The molecule has 0 aliphatic carbocycles. The van der Waals surface area contributed by atoms with Crippen LogP contribution in [-0.4, -0.2) is 36.2 Å². The maximum atomic E-state index is 4.56. The first-order chi connectivity index (χ1) is 8.90. The van der Waals surface area contributed by atoms with Crippen LogP contribution in [0.1, 0.15) is 30.7 Å². The van der Waals surface area contributed by atoms with E-state index in [-0.39, 0.29) is 0 Å². The lowest BCUT2D eigenvalue weighted by molar-refractivity contribution is 0.211. The van der Waals surface area contributed by atoms with Gasteiger partial charge in [-0.15, -0.1) is 0 Å². The van der Waals surface area contributed by atoms with E-state index in [2.05, 4.69) is 57.6 Å². The van der Waals surface area contributed by atoms with E-state index in [1.54, 1.807) is 0 Å². The molecule has 0 radical (unpaired) electrons. The zero-order chi connectivity index (χ0) is 12.6. The Morgan fingerprint density at radius 3 is 2.61 bits per heavy atom. The first-order valence-corrected chi connectivity index (χ1v) is 7.12. The van der Waals surface area contributed by atoms with E-state index >= 15 is 0 Å². The van der Waals surface area contributed by atoms with E-state index in [9.17, 15) is 0 Å². The molecule has 0 amide bonds. The molecule has 1 aliphatic heterocycles. The second-order valence-corrected chi connectivity index (χ2v) is 5.04. The Bertz CT molecular complexity index is 390. The summed E-state index contributed by atoms with van der Waals surface area (Å²) in [5.74, 6) is 0.751. The third-order valence-electron chi connectivity index (χ3n) is 3.67. The van der Waals surface area contributed by atoms with Crippen LogP contribution in [0.5, 0.6) is 0 Å². The molecule has 1 aromatic rings. The highest BCUT2D eigenvalue weighted by molar-refractivity contribution is 7.78. The van der Waals surface area contributed by atoms with Crippen LogP contribution in [0, 0.1) is 0 Å². The molecule has 1 aliphatic rings. The molecular weight excluding hydrogens is 240 g/mol.